The minimum Gasteiger partial charge on any atom is -0.381 e. The van der Waals surface area contributed by atoms with Crippen molar-refractivity contribution in [3.05, 3.63) is 0 Å². The van der Waals surface area contributed by atoms with Gasteiger partial charge in [0.15, 0.2) is 0 Å². The van der Waals surface area contributed by atoms with Crippen molar-refractivity contribution < 1.29 is 9.47 Å². The van der Waals surface area contributed by atoms with E-state index in [1.54, 1.807) is 7.11 Å². The minimum atomic E-state index is 0.249. The molecule has 0 radical (unpaired) electrons. The van der Waals surface area contributed by atoms with Crippen LogP contribution in [0.4, 0.5) is 0 Å². The Balaban J connectivity index is 2.27. The SMILES string of the molecule is COC(C)CNC(CN)C1CCOCC1. The topological polar surface area (TPSA) is 56.5 Å². The van der Waals surface area contributed by atoms with Crippen LogP contribution in [0.3, 0.4) is 0 Å². The van der Waals surface area contributed by atoms with E-state index >= 15 is 0 Å². The highest BCUT2D eigenvalue weighted by Gasteiger charge is 2.22. The van der Waals surface area contributed by atoms with E-state index in [2.05, 4.69) is 12.2 Å². The molecule has 0 amide bonds. The first-order valence-corrected chi connectivity index (χ1v) is 5.82. The summed E-state index contributed by atoms with van der Waals surface area (Å²) >= 11 is 0. The van der Waals surface area contributed by atoms with E-state index in [0.29, 0.717) is 18.5 Å². The van der Waals surface area contributed by atoms with E-state index < -0.39 is 0 Å². The Hall–Kier alpha value is -0.160. The van der Waals surface area contributed by atoms with E-state index in [4.69, 9.17) is 15.2 Å². The van der Waals surface area contributed by atoms with Crippen molar-refractivity contribution in [1.82, 2.24) is 5.32 Å². The van der Waals surface area contributed by atoms with Gasteiger partial charge < -0.3 is 20.5 Å². The molecule has 2 atom stereocenters. The van der Waals surface area contributed by atoms with Crippen molar-refractivity contribution in [3.8, 4) is 0 Å². The highest BCUT2D eigenvalue weighted by Crippen LogP contribution is 2.18. The second-order valence-electron chi connectivity index (χ2n) is 4.25. The fraction of sp³-hybridized carbons (Fsp3) is 1.00. The third-order valence-corrected chi connectivity index (χ3v) is 3.16. The van der Waals surface area contributed by atoms with E-state index in [1.165, 1.54) is 0 Å². The monoisotopic (exact) mass is 216 g/mol. The molecule has 0 saturated carbocycles. The summed E-state index contributed by atoms with van der Waals surface area (Å²) in [5.41, 5.74) is 5.79. The first-order chi connectivity index (χ1) is 7.27. The van der Waals surface area contributed by atoms with Gasteiger partial charge in [-0.2, -0.15) is 0 Å². The molecular formula is C11H24N2O2. The van der Waals surface area contributed by atoms with Gasteiger partial charge in [-0.05, 0) is 25.7 Å². The molecular weight excluding hydrogens is 192 g/mol. The predicted molar refractivity (Wildman–Crippen MR) is 60.9 cm³/mol. The van der Waals surface area contributed by atoms with Crippen LogP contribution < -0.4 is 11.1 Å². The van der Waals surface area contributed by atoms with Crippen LogP contribution in [0.15, 0.2) is 0 Å². The van der Waals surface area contributed by atoms with Crippen LogP contribution in [0.1, 0.15) is 19.8 Å². The van der Waals surface area contributed by atoms with Crippen molar-refractivity contribution >= 4 is 0 Å². The molecule has 4 heteroatoms. The number of methoxy groups -OCH3 is 1. The van der Waals surface area contributed by atoms with Gasteiger partial charge in [-0.25, -0.2) is 0 Å². The Morgan fingerprint density at radius 1 is 1.47 bits per heavy atom. The van der Waals surface area contributed by atoms with Crippen molar-refractivity contribution in [2.75, 3.05) is 33.4 Å². The van der Waals surface area contributed by atoms with Crippen molar-refractivity contribution in [3.63, 3.8) is 0 Å². The number of nitrogens with one attached hydrogen (secondary N) is 1. The fourth-order valence-corrected chi connectivity index (χ4v) is 1.96. The lowest BCUT2D eigenvalue weighted by Gasteiger charge is -2.30. The van der Waals surface area contributed by atoms with Crippen LogP contribution in [-0.4, -0.2) is 45.6 Å². The molecule has 3 N–H and O–H groups in total. The van der Waals surface area contributed by atoms with Gasteiger partial charge in [0.25, 0.3) is 0 Å². The molecule has 1 fully saturated rings. The maximum atomic E-state index is 5.79. The normalized spacial score (nSPS) is 22.6. The molecule has 0 aliphatic carbocycles. The second-order valence-corrected chi connectivity index (χ2v) is 4.25. The van der Waals surface area contributed by atoms with Gasteiger partial charge in [0.2, 0.25) is 0 Å². The molecule has 90 valence electrons. The van der Waals surface area contributed by atoms with Crippen molar-refractivity contribution in [2.45, 2.75) is 31.9 Å². The van der Waals surface area contributed by atoms with Gasteiger partial charge >= 0.3 is 0 Å². The molecule has 2 unspecified atom stereocenters. The highest BCUT2D eigenvalue weighted by molar-refractivity contribution is 4.79. The summed E-state index contributed by atoms with van der Waals surface area (Å²) in [5, 5.41) is 3.48. The summed E-state index contributed by atoms with van der Waals surface area (Å²) in [6, 6.07) is 0.409. The van der Waals surface area contributed by atoms with Gasteiger partial charge in [0.05, 0.1) is 6.10 Å². The maximum Gasteiger partial charge on any atom is 0.0667 e. The molecule has 1 heterocycles. The predicted octanol–water partition coefficient (Wildman–Crippen LogP) is 0.365. The largest absolute Gasteiger partial charge is 0.381 e. The van der Waals surface area contributed by atoms with E-state index in [0.717, 1.165) is 32.6 Å². The minimum absolute atomic E-state index is 0.249. The van der Waals surface area contributed by atoms with Gasteiger partial charge in [-0.15, -0.1) is 0 Å². The number of hydrogen-bond acceptors (Lipinski definition) is 4. The standard InChI is InChI=1S/C11H24N2O2/c1-9(14-2)8-13-11(7-12)10-3-5-15-6-4-10/h9-11,13H,3-8,12H2,1-2H3. The molecule has 1 rings (SSSR count). The van der Waals surface area contributed by atoms with Gasteiger partial charge in [-0.3, -0.25) is 0 Å². The molecule has 1 aliphatic rings. The van der Waals surface area contributed by atoms with Crippen molar-refractivity contribution in [1.29, 1.82) is 0 Å². The first-order valence-electron chi connectivity index (χ1n) is 5.82. The molecule has 0 aromatic heterocycles. The average Bonchev–Trinajstić information content (AvgIpc) is 2.31. The average molecular weight is 216 g/mol. The highest BCUT2D eigenvalue weighted by atomic mass is 16.5. The third-order valence-electron chi connectivity index (χ3n) is 3.16. The van der Waals surface area contributed by atoms with Gasteiger partial charge in [0, 0.05) is 39.5 Å². The molecule has 0 aromatic rings. The molecule has 0 spiro atoms. The quantitative estimate of drug-likeness (QED) is 0.673. The lowest BCUT2D eigenvalue weighted by atomic mass is 9.91. The summed E-state index contributed by atoms with van der Waals surface area (Å²) in [6.45, 7) is 5.38. The zero-order valence-electron chi connectivity index (χ0n) is 9.87. The fourth-order valence-electron chi connectivity index (χ4n) is 1.96. The Morgan fingerprint density at radius 3 is 2.67 bits per heavy atom. The number of rotatable bonds is 6. The van der Waals surface area contributed by atoms with Gasteiger partial charge in [-0.1, -0.05) is 0 Å². The molecule has 1 aliphatic heterocycles. The lowest BCUT2D eigenvalue weighted by Crippen LogP contribution is -2.46. The van der Waals surface area contributed by atoms with Crippen molar-refractivity contribution in [2.24, 2.45) is 11.7 Å². The Bertz CT molecular complexity index is 161. The zero-order chi connectivity index (χ0) is 11.1. The molecule has 0 bridgehead atoms. The summed E-state index contributed by atoms with van der Waals surface area (Å²) < 4.78 is 10.6. The number of hydrogen-bond donors (Lipinski definition) is 2. The second kappa shape index (κ2) is 7.17. The summed E-state index contributed by atoms with van der Waals surface area (Å²) in [6.07, 6.45) is 2.49. The van der Waals surface area contributed by atoms with Crippen LogP contribution in [0.2, 0.25) is 0 Å². The molecule has 15 heavy (non-hydrogen) atoms. The molecule has 0 aromatic carbocycles. The number of nitrogens with two attached hydrogens (primary N) is 1. The Morgan fingerprint density at radius 2 is 2.13 bits per heavy atom. The molecule has 1 saturated heterocycles. The van der Waals surface area contributed by atoms with Crippen LogP contribution in [0.25, 0.3) is 0 Å². The summed E-state index contributed by atoms with van der Waals surface area (Å²) in [4.78, 5) is 0. The van der Waals surface area contributed by atoms with E-state index in [-0.39, 0.29) is 6.10 Å². The number of ether oxygens (including phenoxy) is 2. The zero-order valence-corrected chi connectivity index (χ0v) is 9.87. The van der Waals surface area contributed by atoms with Crippen LogP contribution in [0.5, 0.6) is 0 Å². The summed E-state index contributed by atoms with van der Waals surface area (Å²) in [7, 11) is 1.73. The van der Waals surface area contributed by atoms with Crippen LogP contribution in [0, 0.1) is 5.92 Å². The van der Waals surface area contributed by atoms with Crippen LogP contribution >= 0.6 is 0 Å². The third kappa shape index (κ3) is 4.47. The summed E-state index contributed by atoms with van der Waals surface area (Å²) in [5.74, 6) is 0.660. The first kappa shape index (κ1) is 12.9. The van der Waals surface area contributed by atoms with E-state index in [1.807, 2.05) is 0 Å². The van der Waals surface area contributed by atoms with Gasteiger partial charge in [0.1, 0.15) is 0 Å². The van der Waals surface area contributed by atoms with Crippen LogP contribution in [-0.2, 0) is 9.47 Å². The lowest BCUT2D eigenvalue weighted by molar-refractivity contribution is 0.0508. The Labute approximate surface area is 92.5 Å². The van der Waals surface area contributed by atoms with E-state index in [9.17, 15) is 0 Å². The maximum absolute atomic E-state index is 5.79. The Kier molecular flexibility index (Phi) is 6.17. The smallest absolute Gasteiger partial charge is 0.0667 e. The molecule has 4 nitrogen and oxygen atoms in total.